The molecule has 1 aromatic heterocycles. The topological polar surface area (TPSA) is 53.4 Å². The van der Waals surface area contributed by atoms with Crippen molar-refractivity contribution < 1.29 is 9.90 Å². The van der Waals surface area contributed by atoms with Crippen LogP contribution >= 0.6 is 23.1 Å². The third-order valence-electron chi connectivity index (χ3n) is 3.56. The Labute approximate surface area is 132 Å². The Bertz CT molecular complexity index is 596. The van der Waals surface area contributed by atoms with E-state index in [0.717, 1.165) is 35.0 Å². The Kier molecular flexibility index (Phi) is 4.77. The fourth-order valence-electron chi connectivity index (χ4n) is 2.48. The maximum atomic E-state index is 12.1. The minimum absolute atomic E-state index is 0.141. The smallest absolute Gasteiger partial charge is 0.223 e. The van der Waals surface area contributed by atoms with Crippen LogP contribution in [0.4, 0.5) is 0 Å². The van der Waals surface area contributed by atoms with Crippen LogP contribution in [0.1, 0.15) is 19.3 Å². The van der Waals surface area contributed by atoms with Crippen molar-refractivity contribution in [1.82, 2.24) is 9.88 Å². The van der Waals surface area contributed by atoms with Gasteiger partial charge in [0.2, 0.25) is 5.91 Å². The summed E-state index contributed by atoms with van der Waals surface area (Å²) in [5, 5.41) is 9.61. The molecule has 2 heterocycles. The van der Waals surface area contributed by atoms with Gasteiger partial charge in [0, 0.05) is 25.3 Å². The first-order valence-electron chi connectivity index (χ1n) is 7.16. The number of thioether (sulfide) groups is 1. The fraction of sp³-hybridized carbons (Fsp3) is 0.467. The summed E-state index contributed by atoms with van der Waals surface area (Å²) in [7, 11) is 0. The van der Waals surface area contributed by atoms with Crippen molar-refractivity contribution in [2.75, 3.05) is 18.8 Å². The number of para-hydroxylation sites is 1. The number of benzene rings is 1. The molecule has 112 valence electrons. The summed E-state index contributed by atoms with van der Waals surface area (Å²) in [5.41, 5.74) is 1.02. The molecule has 0 spiro atoms. The van der Waals surface area contributed by atoms with Crippen molar-refractivity contribution in [2.45, 2.75) is 29.7 Å². The summed E-state index contributed by atoms with van der Waals surface area (Å²) in [4.78, 5) is 18.4. The summed E-state index contributed by atoms with van der Waals surface area (Å²) >= 11 is 3.31. The molecule has 0 bridgehead atoms. The second-order valence-electron chi connectivity index (χ2n) is 5.18. The lowest BCUT2D eigenvalue weighted by atomic mass is 10.1. The van der Waals surface area contributed by atoms with E-state index < -0.39 is 0 Å². The number of thiazole rings is 1. The van der Waals surface area contributed by atoms with Crippen molar-refractivity contribution in [3.63, 3.8) is 0 Å². The molecular formula is C15H18N2O2S2. The molecule has 1 fully saturated rings. The molecule has 1 atom stereocenters. The molecule has 1 aromatic carbocycles. The number of hydrogen-bond acceptors (Lipinski definition) is 5. The van der Waals surface area contributed by atoms with Crippen LogP contribution in [0.2, 0.25) is 0 Å². The summed E-state index contributed by atoms with van der Waals surface area (Å²) in [6.07, 6.45) is 1.87. The highest BCUT2D eigenvalue weighted by atomic mass is 32.2. The van der Waals surface area contributed by atoms with E-state index in [9.17, 15) is 9.90 Å². The molecule has 2 aromatic rings. The summed E-state index contributed by atoms with van der Waals surface area (Å²) in [6.45, 7) is 1.27. The second kappa shape index (κ2) is 6.77. The van der Waals surface area contributed by atoms with Crippen molar-refractivity contribution in [1.29, 1.82) is 0 Å². The number of carbonyl (C=O) groups excluding carboxylic acids is 1. The Morgan fingerprint density at radius 2 is 2.33 bits per heavy atom. The summed E-state index contributed by atoms with van der Waals surface area (Å²) in [5.74, 6) is 0.882. The quantitative estimate of drug-likeness (QED) is 0.880. The fourth-order valence-corrected chi connectivity index (χ4v) is 4.54. The maximum Gasteiger partial charge on any atom is 0.223 e. The average Bonchev–Trinajstić information content (AvgIpc) is 2.89. The zero-order valence-electron chi connectivity index (χ0n) is 11.7. The van der Waals surface area contributed by atoms with Crippen LogP contribution in [0.15, 0.2) is 28.6 Å². The lowest BCUT2D eigenvalue weighted by molar-refractivity contribution is -0.133. The van der Waals surface area contributed by atoms with Gasteiger partial charge in [0.05, 0.1) is 16.3 Å². The van der Waals surface area contributed by atoms with Crippen molar-refractivity contribution in [3.05, 3.63) is 24.3 Å². The number of hydrogen-bond donors (Lipinski definition) is 1. The molecule has 1 saturated heterocycles. The lowest BCUT2D eigenvalue weighted by Crippen LogP contribution is -2.42. The third kappa shape index (κ3) is 3.75. The van der Waals surface area contributed by atoms with Gasteiger partial charge < -0.3 is 10.0 Å². The highest BCUT2D eigenvalue weighted by Gasteiger charge is 2.21. The molecule has 6 heteroatoms. The number of piperidine rings is 1. The predicted octanol–water partition coefficient (Wildman–Crippen LogP) is 2.76. The first kappa shape index (κ1) is 14.8. The minimum atomic E-state index is -0.348. The predicted molar refractivity (Wildman–Crippen MR) is 86.8 cm³/mol. The van der Waals surface area contributed by atoms with E-state index in [4.69, 9.17) is 0 Å². The number of rotatable bonds is 4. The van der Waals surface area contributed by atoms with Gasteiger partial charge in [-0.1, -0.05) is 23.9 Å². The number of carbonyl (C=O) groups is 1. The maximum absolute atomic E-state index is 12.1. The van der Waals surface area contributed by atoms with Crippen molar-refractivity contribution in [3.8, 4) is 0 Å². The van der Waals surface area contributed by atoms with Gasteiger partial charge in [-0.25, -0.2) is 4.98 Å². The Hall–Kier alpha value is -1.11. The van der Waals surface area contributed by atoms with Gasteiger partial charge in [0.25, 0.3) is 0 Å². The number of aromatic nitrogens is 1. The highest BCUT2D eigenvalue weighted by Crippen LogP contribution is 2.29. The summed E-state index contributed by atoms with van der Waals surface area (Å²) < 4.78 is 2.20. The van der Waals surface area contributed by atoms with E-state index in [2.05, 4.69) is 11.1 Å². The molecule has 1 amide bonds. The van der Waals surface area contributed by atoms with Crippen molar-refractivity contribution in [2.24, 2.45) is 0 Å². The van der Waals surface area contributed by atoms with E-state index in [1.807, 2.05) is 18.2 Å². The largest absolute Gasteiger partial charge is 0.391 e. The van der Waals surface area contributed by atoms with Gasteiger partial charge in [-0.3, -0.25) is 4.79 Å². The average molecular weight is 322 g/mol. The Morgan fingerprint density at radius 1 is 1.48 bits per heavy atom. The number of aliphatic hydroxyl groups is 1. The zero-order valence-corrected chi connectivity index (χ0v) is 13.3. The minimum Gasteiger partial charge on any atom is -0.391 e. The molecule has 0 saturated carbocycles. The van der Waals surface area contributed by atoms with Crippen LogP contribution in [0.5, 0.6) is 0 Å². The molecule has 1 aliphatic rings. The second-order valence-corrected chi connectivity index (χ2v) is 7.55. The number of β-amino-alcohol motifs (C(OH)–C–C–N with tert-alkyl or cyclic N) is 1. The number of aliphatic hydroxyl groups excluding tert-OH is 1. The van der Waals surface area contributed by atoms with Crippen LogP contribution in [-0.4, -0.2) is 45.8 Å². The standard InChI is InChI=1S/C15H18N2O2S2/c18-11-4-3-8-17(10-11)14(19)7-9-20-15-16-12-5-1-2-6-13(12)21-15/h1-2,5-6,11,18H,3-4,7-10H2. The van der Waals surface area contributed by atoms with Crippen LogP contribution < -0.4 is 0 Å². The number of nitrogens with zero attached hydrogens (tertiary/aromatic N) is 2. The number of fused-ring (bicyclic) bond motifs is 1. The Morgan fingerprint density at radius 3 is 3.14 bits per heavy atom. The first-order valence-corrected chi connectivity index (χ1v) is 8.97. The number of likely N-dealkylation sites (tertiary alicyclic amines) is 1. The third-order valence-corrected chi connectivity index (χ3v) is 5.75. The molecular weight excluding hydrogens is 304 g/mol. The molecule has 0 radical (unpaired) electrons. The van der Waals surface area contributed by atoms with Gasteiger partial charge in [-0.15, -0.1) is 11.3 Å². The van der Waals surface area contributed by atoms with Crippen LogP contribution in [-0.2, 0) is 4.79 Å². The van der Waals surface area contributed by atoms with Gasteiger partial charge in [-0.05, 0) is 25.0 Å². The van der Waals surface area contributed by atoms with Gasteiger partial charge >= 0.3 is 0 Å². The molecule has 1 unspecified atom stereocenters. The lowest BCUT2D eigenvalue weighted by Gasteiger charge is -2.30. The van der Waals surface area contributed by atoms with Gasteiger partial charge in [0.1, 0.15) is 0 Å². The zero-order chi connectivity index (χ0) is 14.7. The molecule has 0 aliphatic carbocycles. The Balaban J connectivity index is 1.50. The van der Waals surface area contributed by atoms with E-state index in [1.54, 1.807) is 28.0 Å². The van der Waals surface area contributed by atoms with Crippen LogP contribution in [0, 0.1) is 0 Å². The van der Waals surface area contributed by atoms with E-state index >= 15 is 0 Å². The van der Waals surface area contributed by atoms with Crippen molar-refractivity contribution >= 4 is 39.2 Å². The molecule has 3 rings (SSSR count). The highest BCUT2D eigenvalue weighted by molar-refractivity contribution is 8.01. The van der Waals surface area contributed by atoms with E-state index in [-0.39, 0.29) is 12.0 Å². The molecule has 1 N–H and O–H groups in total. The monoisotopic (exact) mass is 322 g/mol. The molecule has 1 aliphatic heterocycles. The van der Waals surface area contributed by atoms with Gasteiger partial charge in [-0.2, -0.15) is 0 Å². The first-order chi connectivity index (χ1) is 10.2. The molecule has 4 nitrogen and oxygen atoms in total. The molecule has 21 heavy (non-hydrogen) atoms. The SMILES string of the molecule is O=C(CCSc1nc2ccccc2s1)N1CCCC(O)C1. The van der Waals surface area contributed by atoms with E-state index in [1.165, 1.54) is 4.70 Å². The van der Waals surface area contributed by atoms with Gasteiger partial charge in [0.15, 0.2) is 4.34 Å². The van der Waals surface area contributed by atoms with E-state index in [0.29, 0.717) is 13.0 Å². The summed E-state index contributed by atoms with van der Waals surface area (Å²) in [6, 6.07) is 8.08. The van der Waals surface area contributed by atoms with Crippen LogP contribution in [0.25, 0.3) is 10.2 Å². The number of amides is 1. The van der Waals surface area contributed by atoms with Crippen LogP contribution in [0.3, 0.4) is 0 Å². The normalized spacial score (nSPS) is 19.1.